The van der Waals surface area contributed by atoms with E-state index in [1.807, 2.05) is 16.9 Å². The monoisotopic (exact) mass is 254 g/mol. The van der Waals surface area contributed by atoms with Crippen LogP contribution in [0.25, 0.3) is 0 Å². The Morgan fingerprint density at radius 3 is 2.78 bits per heavy atom. The number of aliphatic hydroxyl groups is 1. The first-order valence-corrected chi connectivity index (χ1v) is 6.51. The predicted molar refractivity (Wildman–Crippen MR) is 69.3 cm³/mol. The molecule has 3 N–H and O–H groups in total. The number of hydrogen-bond donors (Lipinski definition) is 2. The fourth-order valence-corrected chi connectivity index (χ4v) is 2.32. The number of nitrogens with two attached hydrogens (primary N) is 1. The summed E-state index contributed by atoms with van der Waals surface area (Å²) in [6, 6.07) is 2.31. The van der Waals surface area contributed by atoms with Crippen LogP contribution in [0.15, 0.2) is 12.3 Å². The Balaban J connectivity index is 1.68. The number of hydrogen-bond acceptors (Lipinski definition) is 5. The quantitative estimate of drug-likeness (QED) is 0.705. The second-order valence-corrected chi connectivity index (χ2v) is 4.63. The lowest BCUT2D eigenvalue weighted by Crippen LogP contribution is -2.37. The standard InChI is InChI=1S/C12H22N4O2/c13-12-3-6-16(14-12)11-1-4-15(5-2-11)7-9-18-10-8-17/h3,6,11,17H,1-2,4-5,7-10H2,(H2,13,14). The molecule has 1 fully saturated rings. The highest BCUT2D eigenvalue weighted by Gasteiger charge is 2.20. The fraction of sp³-hybridized carbons (Fsp3) is 0.750. The van der Waals surface area contributed by atoms with Gasteiger partial charge in [-0.15, -0.1) is 0 Å². The van der Waals surface area contributed by atoms with Crippen molar-refractivity contribution in [2.75, 3.05) is 45.2 Å². The third-order valence-corrected chi connectivity index (χ3v) is 3.35. The van der Waals surface area contributed by atoms with Gasteiger partial charge in [-0.05, 0) is 18.9 Å². The first-order chi connectivity index (χ1) is 8.79. The summed E-state index contributed by atoms with van der Waals surface area (Å²) in [7, 11) is 0. The van der Waals surface area contributed by atoms with E-state index in [0.29, 0.717) is 25.1 Å². The summed E-state index contributed by atoms with van der Waals surface area (Å²) in [5, 5.41) is 12.9. The molecule has 1 aromatic rings. The molecule has 6 nitrogen and oxygen atoms in total. The van der Waals surface area contributed by atoms with Crippen LogP contribution >= 0.6 is 0 Å². The maximum Gasteiger partial charge on any atom is 0.145 e. The largest absolute Gasteiger partial charge is 0.394 e. The number of aliphatic hydroxyl groups excluding tert-OH is 1. The van der Waals surface area contributed by atoms with E-state index in [9.17, 15) is 0 Å². The average molecular weight is 254 g/mol. The van der Waals surface area contributed by atoms with Gasteiger partial charge in [-0.2, -0.15) is 5.10 Å². The second-order valence-electron chi connectivity index (χ2n) is 4.63. The summed E-state index contributed by atoms with van der Waals surface area (Å²) in [5.41, 5.74) is 5.63. The molecular formula is C12H22N4O2. The van der Waals surface area contributed by atoms with Gasteiger partial charge in [0.15, 0.2) is 0 Å². The number of likely N-dealkylation sites (tertiary alicyclic amines) is 1. The van der Waals surface area contributed by atoms with Crippen molar-refractivity contribution in [2.24, 2.45) is 0 Å². The predicted octanol–water partition coefficient (Wildman–Crippen LogP) is 0.111. The Labute approximate surface area is 107 Å². The van der Waals surface area contributed by atoms with Gasteiger partial charge in [0, 0.05) is 25.8 Å². The molecule has 1 saturated heterocycles. The van der Waals surface area contributed by atoms with Crippen LogP contribution in [0, 0.1) is 0 Å². The first-order valence-electron chi connectivity index (χ1n) is 6.51. The molecule has 0 aliphatic carbocycles. The Bertz CT molecular complexity index is 348. The summed E-state index contributed by atoms with van der Waals surface area (Å²) in [5.74, 6) is 0.592. The van der Waals surface area contributed by atoms with E-state index < -0.39 is 0 Å². The van der Waals surface area contributed by atoms with E-state index in [1.165, 1.54) is 0 Å². The fourth-order valence-electron chi connectivity index (χ4n) is 2.32. The smallest absolute Gasteiger partial charge is 0.145 e. The van der Waals surface area contributed by atoms with Gasteiger partial charge in [0.2, 0.25) is 0 Å². The third kappa shape index (κ3) is 3.69. The number of anilines is 1. The maximum atomic E-state index is 8.61. The number of nitrogens with zero attached hydrogens (tertiary/aromatic N) is 3. The lowest BCUT2D eigenvalue weighted by Gasteiger charge is -2.31. The lowest BCUT2D eigenvalue weighted by atomic mass is 10.1. The van der Waals surface area contributed by atoms with Crippen molar-refractivity contribution in [1.82, 2.24) is 14.7 Å². The molecule has 1 aromatic heterocycles. The molecule has 0 radical (unpaired) electrons. The molecule has 1 aliphatic heterocycles. The van der Waals surface area contributed by atoms with Crippen molar-refractivity contribution in [1.29, 1.82) is 0 Å². The second kappa shape index (κ2) is 6.72. The normalized spacial score (nSPS) is 18.3. The van der Waals surface area contributed by atoms with Crippen molar-refractivity contribution in [2.45, 2.75) is 18.9 Å². The molecule has 0 unspecified atom stereocenters. The van der Waals surface area contributed by atoms with Crippen molar-refractivity contribution in [3.8, 4) is 0 Å². The molecule has 0 spiro atoms. The van der Waals surface area contributed by atoms with Gasteiger partial charge in [-0.3, -0.25) is 4.68 Å². The van der Waals surface area contributed by atoms with Crippen LogP contribution in [0.4, 0.5) is 5.82 Å². The highest BCUT2D eigenvalue weighted by atomic mass is 16.5. The Kier molecular flexibility index (Phi) is 4.98. The van der Waals surface area contributed by atoms with Crippen molar-refractivity contribution >= 4 is 5.82 Å². The molecule has 2 rings (SSSR count). The molecule has 6 heteroatoms. The summed E-state index contributed by atoms with van der Waals surface area (Å²) < 4.78 is 7.26. The molecule has 102 valence electrons. The third-order valence-electron chi connectivity index (χ3n) is 3.35. The van der Waals surface area contributed by atoms with Crippen molar-refractivity contribution in [3.63, 3.8) is 0 Å². The summed E-state index contributed by atoms with van der Waals surface area (Å²) >= 11 is 0. The van der Waals surface area contributed by atoms with E-state index >= 15 is 0 Å². The Hall–Kier alpha value is -1.11. The van der Waals surface area contributed by atoms with Gasteiger partial charge >= 0.3 is 0 Å². The number of piperidine rings is 1. The van der Waals surface area contributed by atoms with Crippen LogP contribution in [-0.2, 0) is 4.74 Å². The highest BCUT2D eigenvalue weighted by Crippen LogP contribution is 2.21. The molecule has 0 aromatic carbocycles. The Morgan fingerprint density at radius 2 is 2.17 bits per heavy atom. The van der Waals surface area contributed by atoms with E-state index in [4.69, 9.17) is 15.6 Å². The van der Waals surface area contributed by atoms with Crippen LogP contribution in [0.1, 0.15) is 18.9 Å². The number of nitrogen functional groups attached to an aromatic ring is 1. The maximum absolute atomic E-state index is 8.61. The Morgan fingerprint density at radius 1 is 1.39 bits per heavy atom. The van der Waals surface area contributed by atoms with E-state index in [-0.39, 0.29) is 6.61 Å². The van der Waals surface area contributed by atoms with Crippen molar-refractivity contribution in [3.05, 3.63) is 12.3 Å². The minimum atomic E-state index is 0.1000. The zero-order chi connectivity index (χ0) is 12.8. The van der Waals surface area contributed by atoms with Gasteiger partial charge in [-0.1, -0.05) is 0 Å². The van der Waals surface area contributed by atoms with E-state index in [0.717, 1.165) is 32.5 Å². The van der Waals surface area contributed by atoms with Crippen LogP contribution in [0.2, 0.25) is 0 Å². The van der Waals surface area contributed by atoms with E-state index in [2.05, 4.69) is 10.00 Å². The van der Waals surface area contributed by atoms with Gasteiger partial charge in [0.25, 0.3) is 0 Å². The average Bonchev–Trinajstić information content (AvgIpc) is 2.82. The van der Waals surface area contributed by atoms with E-state index in [1.54, 1.807) is 0 Å². The molecule has 1 aliphatic rings. The van der Waals surface area contributed by atoms with Crippen LogP contribution in [0.5, 0.6) is 0 Å². The first kappa shape index (κ1) is 13.3. The molecule has 0 bridgehead atoms. The topological polar surface area (TPSA) is 76.5 Å². The molecule has 0 saturated carbocycles. The zero-order valence-corrected chi connectivity index (χ0v) is 10.7. The van der Waals surface area contributed by atoms with Gasteiger partial charge in [0.1, 0.15) is 5.82 Å². The van der Waals surface area contributed by atoms with Gasteiger partial charge in [-0.25, -0.2) is 0 Å². The SMILES string of the molecule is Nc1ccn(C2CCN(CCOCCO)CC2)n1. The van der Waals surface area contributed by atoms with Crippen LogP contribution in [0.3, 0.4) is 0 Å². The lowest BCUT2D eigenvalue weighted by molar-refractivity contribution is 0.0648. The van der Waals surface area contributed by atoms with Gasteiger partial charge < -0.3 is 20.5 Å². The molecule has 2 heterocycles. The van der Waals surface area contributed by atoms with Crippen LogP contribution < -0.4 is 5.73 Å². The summed E-state index contributed by atoms with van der Waals surface area (Å²) in [4.78, 5) is 2.39. The molecule has 18 heavy (non-hydrogen) atoms. The summed E-state index contributed by atoms with van der Waals surface area (Å²) in [6.45, 7) is 4.29. The number of rotatable bonds is 6. The molecule has 0 atom stereocenters. The minimum Gasteiger partial charge on any atom is -0.394 e. The molecular weight excluding hydrogens is 232 g/mol. The van der Waals surface area contributed by atoms with Crippen LogP contribution in [-0.4, -0.2) is 59.2 Å². The minimum absolute atomic E-state index is 0.1000. The number of ether oxygens (including phenoxy) is 1. The zero-order valence-electron chi connectivity index (χ0n) is 10.7. The molecule has 0 amide bonds. The highest BCUT2D eigenvalue weighted by molar-refractivity contribution is 5.24. The van der Waals surface area contributed by atoms with Gasteiger partial charge in [0.05, 0.1) is 25.9 Å². The van der Waals surface area contributed by atoms with Crippen molar-refractivity contribution < 1.29 is 9.84 Å². The number of aromatic nitrogens is 2. The summed E-state index contributed by atoms with van der Waals surface area (Å²) in [6.07, 6.45) is 4.16.